The van der Waals surface area contributed by atoms with E-state index < -0.39 is 6.04 Å². The molecule has 0 radical (unpaired) electrons. The average Bonchev–Trinajstić information content (AvgIpc) is 3.22. The molecule has 0 spiro atoms. The number of hydrogen-bond acceptors (Lipinski definition) is 2. The van der Waals surface area contributed by atoms with Gasteiger partial charge in [0.25, 0.3) is 0 Å². The normalized spacial score (nSPS) is 15.1. The van der Waals surface area contributed by atoms with Crippen molar-refractivity contribution in [1.29, 1.82) is 0 Å². The molecule has 1 saturated carbocycles. The minimum Gasteiger partial charge on any atom is -0.351 e. The van der Waals surface area contributed by atoms with E-state index in [-0.39, 0.29) is 30.3 Å². The Morgan fingerprint density at radius 3 is 2.38 bits per heavy atom. The number of amides is 2. The molecular formula is C23H26Cl2N2O2. The molecule has 4 nitrogen and oxygen atoms in total. The average molecular weight is 433 g/mol. The molecule has 0 heterocycles. The molecule has 1 fully saturated rings. The quantitative estimate of drug-likeness (QED) is 0.624. The van der Waals surface area contributed by atoms with Gasteiger partial charge in [0.1, 0.15) is 11.9 Å². The summed E-state index contributed by atoms with van der Waals surface area (Å²) in [4.78, 5) is 27.7. The van der Waals surface area contributed by atoms with E-state index in [0.29, 0.717) is 5.02 Å². The zero-order valence-electron chi connectivity index (χ0n) is 16.5. The first-order chi connectivity index (χ1) is 14.0. The minimum absolute atomic E-state index is 0.156. The Hall–Kier alpha value is -2.04. The first-order valence-corrected chi connectivity index (χ1v) is 10.9. The fraction of sp³-hybridized carbons (Fsp3) is 0.391. The predicted octanol–water partition coefficient (Wildman–Crippen LogP) is 5.02. The van der Waals surface area contributed by atoms with Crippen molar-refractivity contribution in [2.75, 3.05) is 5.88 Å². The molecule has 1 atom stereocenters. The second kappa shape index (κ2) is 10.1. The third-order valence-corrected chi connectivity index (χ3v) is 5.99. The molecule has 0 unspecified atom stereocenters. The number of nitrogens with one attached hydrogen (secondary N) is 1. The van der Waals surface area contributed by atoms with Crippen molar-refractivity contribution < 1.29 is 9.59 Å². The highest BCUT2D eigenvalue weighted by atomic mass is 35.5. The molecule has 1 N–H and O–H groups in total. The van der Waals surface area contributed by atoms with Crippen molar-refractivity contribution in [2.24, 2.45) is 0 Å². The van der Waals surface area contributed by atoms with Crippen molar-refractivity contribution in [3.63, 3.8) is 0 Å². The number of aryl methyl sites for hydroxylation is 1. The van der Waals surface area contributed by atoms with Crippen LogP contribution in [0.3, 0.4) is 0 Å². The molecule has 29 heavy (non-hydrogen) atoms. The second-order valence-electron chi connectivity index (χ2n) is 7.55. The zero-order chi connectivity index (χ0) is 20.8. The van der Waals surface area contributed by atoms with Crippen LogP contribution in [0.25, 0.3) is 0 Å². The van der Waals surface area contributed by atoms with Gasteiger partial charge in [-0.2, -0.15) is 0 Å². The summed E-state index contributed by atoms with van der Waals surface area (Å²) in [5.41, 5.74) is 2.63. The number of nitrogens with zero attached hydrogens (tertiary/aromatic N) is 1. The van der Waals surface area contributed by atoms with Gasteiger partial charge in [-0.25, -0.2) is 0 Å². The van der Waals surface area contributed by atoms with Gasteiger partial charge in [0.05, 0.1) is 0 Å². The third-order valence-electron chi connectivity index (χ3n) is 5.39. The Bertz CT molecular complexity index is 848. The van der Waals surface area contributed by atoms with Gasteiger partial charge in [-0.3, -0.25) is 9.59 Å². The maximum absolute atomic E-state index is 13.3. The van der Waals surface area contributed by atoms with E-state index in [0.717, 1.165) is 42.4 Å². The largest absolute Gasteiger partial charge is 0.351 e. The summed E-state index contributed by atoms with van der Waals surface area (Å²) >= 11 is 12.3. The van der Waals surface area contributed by atoms with Gasteiger partial charge in [0, 0.05) is 17.6 Å². The highest BCUT2D eigenvalue weighted by Crippen LogP contribution is 2.28. The molecule has 6 heteroatoms. The Labute approximate surface area is 182 Å². The molecule has 0 bridgehead atoms. The van der Waals surface area contributed by atoms with Gasteiger partial charge in [0.15, 0.2) is 0 Å². The molecule has 154 valence electrons. The van der Waals surface area contributed by atoms with Crippen LogP contribution in [0.1, 0.15) is 48.4 Å². The molecule has 0 aromatic heterocycles. The number of rotatable bonds is 7. The van der Waals surface area contributed by atoms with Gasteiger partial charge >= 0.3 is 0 Å². The van der Waals surface area contributed by atoms with Crippen LogP contribution in [0.5, 0.6) is 0 Å². The van der Waals surface area contributed by atoms with Crippen LogP contribution in [0.4, 0.5) is 0 Å². The maximum Gasteiger partial charge on any atom is 0.247 e. The summed E-state index contributed by atoms with van der Waals surface area (Å²) in [6.07, 6.45) is 4.18. The number of carbonyl (C=O) groups excluding carboxylic acids is 2. The van der Waals surface area contributed by atoms with Crippen LogP contribution in [0, 0.1) is 6.92 Å². The molecule has 2 amide bonds. The van der Waals surface area contributed by atoms with E-state index in [1.54, 1.807) is 6.07 Å². The Kier molecular flexibility index (Phi) is 7.57. The van der Waals surface area contributed by atoms with Crippen molar-refractivity contribution in [2.45, 2.75) is 51.2 Å². The minimum atomic E-state index is -0.765. The van der Waals surface area contributed by atoms with Gasteiger partial charge < -0.3 is 10.2 Å². The van der Waals surface area contributed by atoms with Crippen LogP contribution in [0.15, 0.2) is 48.5 Å². The molecule has 1 aliphatic carbocycles. The fourth-order valence-electron chi connectivity index (χ4n) is 3.78. The Morgan fingerprint density at radius 1 is 1.10 bits per heavy atom. The number of hydrogen-bond donors (Lipinski definition) is 1. The summed E-state index contributed by atoms with van der Waals surface area (Å²) in [6, 6.07) is 14.4. The molecule has 3 rings (SSSR count). The smallest absolute Gasteiger partial charge is 0.247 e. The van der Waals surface area contributed by atoms with E-state index in [9.17, 15) is 9.59 Å². The molecule has 0 saturated heterocycles. The van der Waals surface area contributed by atoms with Crippen molar-refractivity contribution in [3.8, 4) is 0 Å². The predicted molar refractivity (Wildman–Crippen MR) is 117 cm³/mol. The van der Waals surface area contributed by atoms with Crippen LogP contribution in [-0.4, -0.2) is 28.6 Å². The summed E-state index contributed by atoms with van der Waals surface area (Å²) in [5.74, 6) is -0.686. The lowest BCUT2D eigenvalue weighted by Crippen LogP contribution is -2.46. The van der Waals surface area contributed by atoms with Crippen molar-refractivity contribution >= 4 is 35.0 Å². The third kappa shape index (κ3) is 5.52. The monoisotopic (exact) mass is 432 g/mol. The standard InChI is InChI=1S/C23H26Cl2N2O2/c1-16-10-12-17(13-11-16)22(23(29)26-19-7-3-4-8-19)27(21(28)14-24)15-18-6-2-5-9-20(18)25/h2,5-6,9-13,19,22H,3-4,7-8,14-15H2,1H3,(H,26,29)/t22-/m0/s1. The first kappa shape index (κ1) is 21.7. The van der Waals surface area contributed by atoms with E-state index in [1.807, 2.05) is 49.4 Å². The first-order valence-electron chi connectivity index (χ1n) is 9.95. The maximum atomic E-state index is 13.3. The highest BCUT2D eigenvalue weighted by Gasteiger charge is 2.33. The number of halogens is 2. The lowest BCUT2D eigenvalue weighted by molar-refractivity contribution is -0.140. The summed E-state index contributed by atoms with van der Waals surface area (Å²) in [6.45, 7) is 2.20. The molecule has 0 aliphatic heterocycles. The van der Waals surface area contributed by atoms with E-state index in [4.69, 9.17) is 23.2 Å². The van der Waals surface area contributed by atoms with Gasteiger partial charge in [-0.05, 0) is 37.0 Å². The topological polar surface area (TPSA) is 49.4 Å². The number of benzene rings is 2. The lowest BCUT2D eigenvalue weighted by atomic mass is 10.0. The van der Waals surface area contributed by atoms with Crippen molar-refractivity contribution in [3.05, 3.63) is 70.2 Å². The number of alkyl halides is 1. The van der Waals surface area contributed by atoms with Crippen LogP contribution in [0.2, 0.25) is 5.02 Å². The fourth-order valence-corrected chi connectivity index (χ4v) is 4.13. The summed E-state index contributed by atoms with van der Waals surface area (Å²) in [5, 5.41) is 3.70. The van der Waals surface area contributed by atoms with Gasteiger partial charge in [0.2, 0.25) is 11.8 Å². The molecular weight excluding hydrogens is 407 g/mol. The van der Waals surface area contributed by atoms with E-state index >= 15 is 0 Å². The number of carbonyl (C=O) groups is 2. The second-order valence-corrected chi connectivity index (χ2v) is 8.22. The SMILES string of the molecule is Cc1ccc([C@@H](C(=O)NC2CCCC2)N(Cc2ccccc2Cl)C(=O)CCl)cc1. The Morgan fingerprint density at radius 2 is 1.76 bits per heavy atom. The van der Waals surface area contributed by atoms with Crippen LogP contribution in [-0.2, 0) is 16.1 Å². The lowest BCUT2D eigenvalue weighted by Gasteiger charge is -2.32. The Balaban J connectivity index is 1.96. The van der Waals surface area contributed by atoms with Gasteiger partial charge in [-0.15, -0.1) is 11.6 Å². The summed E-state index contributed by atoms with van der Waals surface area (Å²) < 4.78 is 0. The zero-order valence-corrected chi connectivity index (χ0v) is 18.0. The van der Waals surface area contributed by atoms with E-state index in [2.05, 4.69) is 5.32 Å². The summed E-state index contributed by atoms with van der Waals surface area (Å²) in [7, 11) is 0. The highest BCUT2D eigenvalue weighted by molar-refractivity contribution is 6.31. The van der Waals surface area contributed by atoms with Crippen molar-refractivity contribution in [1.82, 2.24) is 10.2 Å². The molecule has 1 aliphatic rings. The van der Waals surface area contributed by atoms with Gasteiger partial charge in [-0.1, -0.05) is 72.5 Å². The molecule has 2 aromatic carbocycles. The van der Waals surface area contributed by atoms with Crippen LogP contribution >= 0.6 is 23.2 Å². The van der Waals surface area contributed by atoms with E-state index in [1.165, 1.54) is 4.90 Å². The molecule has 2 aromatic rings. The van der Waals surface area contributed by atoms with Crippen LogP contribution < -0.4 is 5.32 Å².